The third kappa shape index (κ3) is 3.19. The van der Waals surface area contributed by atoms with Gasteiger partial charge >= 0.3 is 0 Å². The summed E-state index contributed by atoms with van der Waals surface area (Å²) < 4.78 is 15.2. The van der Waals surface area contributed by atoms with Gasteiger partial charge in [-0.2, -0.15) is 0 Å². The number of ether oxygens (including phenoxy) is 3. The molecule has 1 aliphatic heterocycles. The van der Waals surface area contributed by atoms with Crippen LogP contribution in [0.1, 0.15) is 19.8 Å². The molecule has 0 aromatic heterocycles. The summed E-state index contributed by atoms with van der Waals surface area (Å²) in [4.78, 5) is 9.93. The molecule has 0 aromatic carbocycles. The van der Waals surface area contributed by atoms with Crippen molar-refractivity contribution in [2.75, 3.05) is 13.2 Å². The summed E-state index contributed by atoms with van der Waals surface area (Å²) in [5.74, 6) is 0. The topological polar surface area (TPSA) is 44.8 Å². The smallest absolute Gasteiger partial charge is 0.295 e. The minimum atomic E-state index is -0.439. The predicted molar refractivity (Wildman–Crippen MR) is 41.5 cm³/mol. The van der Waals surface area contributed by atoms with E-state index in [1.807, 2.05) is 0 Å². The van der Waals surface area contributed by atoms with E-state index in [9.17, 15) is 4.79 Å². The highest BCUT2D eigenvalue weighted by atomic mass is 16.7. The van der Waals surface area contributed by atoms with Gasteiger partial charge in [0.05, 0.1) is 6.10 Å². The average molecular weight is 174 g/mol. The molecule has 0 bridgehead atoms. The summed E-state index contributed by atoms with van der Waals surface area (Å²) in [6.45, 7) is 3.59. The van der Waals surface area contributed by atoms with E-state index in [1.165, 1.54) is 0 Å². The van der Waals surface area contributed by atoms with E-state index >= 15 is 0 Å². The Hall–Kier alpha value is -0.610. The van der Waals surface area contributed by atoms with Crippen LogP contribution >= 0.6 is 0 Å². The van der Waals surface area contributed by atoms with Crippen molar-refractivity contribution in [1.82, 2.24) is 0 Å². The van der Waals surface area contributed by atoms with E-state index in [-0.39, 0.29) is 6.10 Å². The fraction of sp³-hybridized carbons (Fsp3) is 0.875. The van der Waals surface area contributed by atoms with Gasteiger partial charge in [0.1, 0.15) is 0 Å². The second-order valence-corrected chi connectivity index (χ2v) is 2.75. The molecule has 1 rings (SSSR count). The van der Waals surface area contributed by atoms with Gasteiger partial charge in [0, 0.05) is 13.2 Å². The van der Waals surface area contributed by atoms with Crippen molar-refractivity contribution in [3.05, 3.63) is 0 Å². The molecule has 0 aromatic rings. The summed E-state index contributed by atoms with van der Waals surface area (Å²) in [5.41, 5.74) is 0. The minimum Gasteiger partial charge on any atom is -0.438 e. The monoisotopic (exact) mass is 174 g/mol. The molecule has 70 valence electrons. The summed E-state index contributed by atoms with van der Waals surface area (Å²) in [5, 5.41) is 0. The van der Waals surface area contributed by atoms with Crippen molar-refractivity contribution in [1.29, 1.82) is 0 Å². The van der Waals surface area contributed by atoms with Crippen molar-refractivity contribution in [2.24, 2.45) is 0 Å². The number of carbonyl (C=O) groups is 1. The first-order valence-electron chi connectivity index (χ1n) is 4.15. The van der Waals surface area contributed by atoms with Crippen molar-refractivity contribution >= 4 is 6.47 Å². The highest BCUT2D eigenvalue weighted by Gasteiger charge is 2.17. The highest BCUT2D eigenvalue weighted by Crippen LogP contribution is 2.12. The van der Waals surface area contributed by atoms with Gasteiger partial charge in [0.25, 0.3) is 6.47 Å². The molecule has 0 amide bonds. The van der Waals surface area contributed by atoms with Gasteiger partial charge < -0.3 is 14.2 Å². The van der Waals surface area contributed by atoms with E-state index in [0.717, 1.165) is 26.1 Å². The molecule has 0 aliphatic carbocycles. The number of hydrogen-bond acceptors (Lipinski definition) is 4. The SMILES string of the molecule is CC(OC=O)OC1CCOCC1. The zero-order valence-corrected chi connectivity index (χ0v) is 7.19. The Morgan fingerprint density at radius 3 is 2.75 bits per heavy atom. The Kier molecular flexibility index (Phi) is 4.04. The maximum absolute atomic E-state index is 9.93. The molecule has 4 nitrogen and oxygen atoms in total. The van der Waals surface area contributed by atoms with E-state index < -0.39 is 6.29 Å². The molecule has 1 aliphatic rings. The van der Waals surface area contributed by atoms with Crippen LogP contribution in [0.5, 0.6) is 0 Å². The van der Waals surface area contributed by atoms with E-state index in [0.29, 0.717) is 6.47 Å². The molecule has 1 heterocycles. The summed E-state index contributed by atoms with van der Waals surface area (Å²) in [6.07, 6.45) is 1.50. The lowest BCUT2D eigenvalue weighted by molar-refractivity contribution is -0.179. The summed E-state index contributed by atoms with van der Waals surface area (Å²) in [6, 6.07) is 0. The van der Waals surface area contributed by atoms with Crippen molar-refractivity contribution in [2.45, 2.75) is 32.2 Å². The molecule has 0 saturated carbocycles. The average Bonchev–Trinajstić information content (AvgIpc) is 2.06. The molecule has 1 unspecified atom stereocenters. The molecule has 1 fully saturated rings. The number of rotatable bonds is 4. The quantitative estimate of drug-likeness (QED) is 0.465. The lowest BCUT2D eigenvalue weighted by Gasteiger charge is -2.24. The molecule has 1 atom stereocenters. The van der Waals surface area contributed by atoms with Crippen LogP contribution in [-0.4, -0.2) is 32.1 Å². The van der Waals surface area contributed by atoms with Gasteiger partial charge in [0.15, 0.2) is 6.29 Å². The van der Waals surface area contributed by atoms with Gasteiger partial charge in [-0.15, -0.1) is 0 Å². The van der Waals surface area contributed by atoms with Crippen LogP contribution in [0.15, 0.2) is 0 Å². The first kappa shape index (κ1) is 9.48. The lowest BCUT2D eigenvalue weighted by Crippen LogP contribution is -2.28. The van der Waals surface area contributed by atoms with Crippen LogP contribution in [-0.2, 0) is 19.0 Å². The van der Waals surface area contributed by atoms with E-state index in [4.69, 9.17) is 9.47 Å². The van der Waals surface area contributed by atoms with Crippen LogP contribution in [0.3, 0.4) is 0 Å². The van der Waals surface area contributed by atoms with Gasteiger partial charge in [-0.3, -0.25) is 4.79 Å². The molecular formula is C8H14O4. The molecule has 0 N–H and O–H groups in total. The Morgan fingerprint density at radius 1 is 1.50 bits per heavy atom. The predicted octanol–water partition coefficient (Wildman–Crippen LogP) is 0.701. The zero-order chi connectivity index (χ0) is 8.81. The lowest BCUT2D eigenvalue weighted by atomic mass is 10.1. The number of carbonyl (C=O) groups excluding carboxylic acids is 1. The summed E-state index contributed by atoms with van der Waals surface area (Å²) in [7, 11) is 0. The Bertz CT molecular complexity index is 131. The molecular weight excluding hydrogens is 160 g/mol. The van der Waals surface area contributed by atoms with Crippen LogP contribution in [0, 0.1) is 0 Å². The first-order chi connectivity index (χ1) is 5.83. The Balaban J connectivity index is 2.15. The fourth-order valence-corrected chi connectivity index (χ4v) is 1.19. The highest BCUT2D eigenvalue weighted by molar-refractivity contribution is 5.37. The van der Waals surface area contributed by atoms with Crippen LogP contribution in [0.2, 0.25) is 0 Å². The zero-order valence-electron chi connectivity index (χ0n) is 7.19. The van der Waals surface area contributed by atoms with Gasteiger partial charge in [-0.05, 0) is 19.8 Å². The van der Waals surface area contributed by atoms with E-state index in [2.05, 4.69) is 4.74 Å². The van der Waals surface area contributed by atoms with Crippen molar-refractivity contribution in [3.8, 4) is 0 Å². The molecule has 12 heavy (non-hydrogen) atoms. The maximum Gasteiger partial charge on any atom is 0.295 e. The molecule has 1 saturated heterocycles. The minimum absolute atomic E-state index is 0.175. The summed E-state index contributed by atoms with van der Waals surface area (Å²) >= 11 is 0. The van der Waals surface area contributed by atoms with Gasteiger partial charge in [-0.25, -0.2) is 0 Å². The van der Waals surface area contributed by atoms with Crippen LogP contribution < -0.4 is 0 Å². The van der Waals surface area contributed by atoms with Crippen molar-refractivity contribution in [3.63, 3.8) is 0 Å². The van der Waals surface area contributed by atoms with Gasteiger partial charge in [-0.1, -0.05) is 0 Å². The largest absolute Gasteiger partial charge is 0.438 e. The first-order valence-corrected chi connectivity index (χ1v) is 4.15. The van der Waals surface area contributed by atoms with Crippen LogP contribution in [0.25, 0.3) is 0 Å². The Labute approximate surface area is 71.8 Å². The fourth-order valence-electron chi connectivity index (χ4n) is 1.19. The standard InChI is InChI=1S/C8H14O4/c1-7(11-6-9)12-8-2-4-10-5-3-8/h6-8H,2-5H2,1H3. The maximum atomic E-state index is 9.93. The normalized spacial score (nSPS) is 21.8. The molecule has 0 radical (unpaired) electrons. The molecule has 4 heteroatoms. The second-order valence-electron chi connectivity index (χ2n) is 2.75. The third-order valence-corrected chi connectivity index (χ3v) is 1.80. The van der Waals surface area contributed by atoms with Crippen LogP contribution in [0.4, 0.5) is 0 Å². The van der Waals surface area contributed by atoms with E-state index in [1.54, 1.807) is 6.92 Å². The molecule has 0 spiro atoms. The van der Waals surface area contributed by atoms with Crippen molar-refractivity contribution < 1.29 is 19.0 Å². The third-order valence-electron chi connectivity index (χ3n) is 1.80. The Morgan fingerprint density at radius 2 is 2.17 bits per heavy atom. The second kappa shape index (κ2) is 5.11. The number of hydrogen-bond donors (Lipinski definition) is 0. The van der Waals surface area contributed by atoms with Gasteiger partial charge in [0.2, 0.25) is 0 Å².